The van der Waals surface area contributed by atoms with Crippen LogP contribution in [0.4, 0.5) is 8.78 Å². The highest BCUT2D eigenvalue weighted by Gasteiger charge is 2.17. The number of rotatable bonds is 8. The summed E-state index contributed by atoms with van der Waals surface area (Å²) in [5, 5.41) is 15.8. The molecule has 0 bridgehead atoms. The molecule has 0 aliphatic carbocycles. The van der Waals surface area contributed by atoms with E-state index >= 15 is 0 Å². The Kier molecular flexibility index (Phi) is 6.79. The minimum absolute atomic E-state index is 0.00523. The number of alkyl halides is 2. The van der Waals surface area contributed by atoms with Crippen molar-refractivity contribution in [3.8, 4) is 34.0 Å². The van der Waals surface area contributed by atoms with Gasteiger partial charge in [-0.1, -0.05) is 59.8 Å². The van der Waals surface area contributed by atoms with Crippen LogP contribution >= 0.6 is 0 Å². The van der Waals surface area contributed by atoms with Gasteiger partial charge in [0.05, 0.1) is 6.54 Å². The van der Waals surface area contributed by atoms with E-state index in [0.29, 0.717) is 22.8 Å². The van der Waals surface area contributed by atoms with Crippen LogP contribution in [0.2, 0.25) is 0 Å². The Bertz CT molecular complexity index is 1300. The van der Waals surface area contributed by atoms with E-state index in [1.54, 1.807) is 30.3 Å². The third kappa shape index (κ3) is 5.02. The van der Waals surface area contributed by atoms with Crippen LogP contribution in [0.15, 0.2) is 71.3 Å². The maximum absolute atomic E-state index is 13.4. The first-order chi connectivity index (χ1) is 16.3. The van der Waals surface area contributed by atoms with Crippen molar-refractivity contribution < 1.29 is 23.2 Å². The van der Waals surface area contributed by atoms with Crippen LogP contribution in [-0.2, 0) is 4.79 Å². The van der Waals surface area contributed by atoms with Gasteiger partial charge in [0.15, 0.2) is 0 Å². The molecule has 1 atom stereocenters. The second-order valence-corrected chi connectivity index (χ2v) is 7.96. The van der Waals surface area contributed by atoms with E-state index in [1.807, 2.05) is 44.2 Å². The van der Waals surface area contributed by atoms with E-state index in [0.717, 1.165) is 22.3 Å². The molecule has 4 aromatic rings. The van der Waals surface area contributed by atoms with Gasteiger partial charge in [-0.2, -0.15) is 4.98 Å². The fourth-order valence-corrected chi connectivity index (χ4v) is 3.77. The van der Waals surface area contributed by atoms with Crippen molar-refractivity contribution in [3.05, 3.63) is 83.4 Å². The zero-order valence-electron chi connectivity index (χ0n) is 18.6. The van der Waals surface area contributed by atoms with Crippen LogP contribution in [0.3, 0.4) is 0 Å². The molecule has 0 aliphatic rings. The van der Waals surface area contributed by atoms with E-state index in [-0.39, 0.29) is 18.2 Å². The molecule has 3 aromatic carbocycles. The third-order valence-electron chi connectivity index (χ3n) is 5.61. The Hall–Kier alpha value is -3.91. The van der Waals surface area contributed by atoms with Gasteiger partial charge in [0, 0.05) is 22.7 Å². The van der Waals surface area contributed by atoms with Crippen LogP contribution in [0, 0.1) is 6.92 Å². The smallest absolute Gasteiger partial charge is 0.317 e. The van der Waals surface area contributed by atoms with Gasteiger partial charge in [-0.3, -0.25) is 4.79 Å². The quantitative estimate of drug-likeness (QED) is 0.331. The summed E-state index contributed by atoms with van der Waals surface area (Å²) in [4.78, 5) is 15.2. The van der Waals surface area contributed by atoms with Crippen LogP contribution in [0.1, 0.15) is 36.1 Å². The number of carbonyl (C=O) groups is 1. The molecule has 0 spiro atoms. The van der Waals surface area contributed by atoms with Crippen molar-refractivity contribution in [1.29, 1.82) is 0 Å². The average Bonchev–Trinajstić information content (AvgIpc) is 3.33. The fourth-order valence-electron chi connectivity index (χ4n) is 3.77. The van der Waals surface area contributed by atoms with Crippen molar-refractivity contribution in [2.24, 2.45) is 0 Å². The normalized spacial score (nSPS) is 12.1. The van der Waals surface area contributed by atoms with Crippen LogP contribution in [0.25, 0.3) is 34.0 Å². The zero-order valence-corrected chi connectivity index (χ0v) is 18.6. The lowest BCUT2D eigenvalue weighted by Crippen LogP contribution is -2.25. The van der Waals surface area contributed by atoms with Gasteiger partial charge in [0.2, 0.25) is 5.82 Å². The first kappa shape index (κ1) is 23.3. The predicted molar refractivity (Wildman–Crippen MR) is 124 cm³/mol. The average molecular weight is 463 g/mol. The van der Waals surface area contributed by atoms with Gasteiger partial charge < -0.3 is 14.9 Å². The van der Waals surface area contributed by atoms with Gasteiger partial charge in [0.25, 0.3) is 12.3 Å². The molecule has 0 aliphatic heterocycles. The van der Waals surface area contributed by atoms with Crippen molar-refractivity contribution in [3.63, 3.8) is 0 Å². The lowest BCUT2D eigenvalue weighted by Gasteiger charge is -2.12. The van der Waals surface area contributed by atoms with Gasteiger partial charge in [-0.15, -0.1) is 0 Å². The Balaban J connectivity index is 1.55. The van der Waals surface area contributed by atoms with Crippen molar-refractivity contribution in [2.45, 2.75) is 26.3 Å². The van der Waals surface area contributed by atoms with E-state index in [9.17, 15) is 13.6 Å². The molecule has 0 saturated heterocycles. The number of benzene rings is 3. The molecule has 34 heavy (non-hydrogen) atoms. The molecule has 8 heteroatoms. The molecule has 4 rings (SSSR count). The minimum atomic E-state index is -2.56. The SMILES string of the molecule is Cc1cc(-c2nc(-c3ccc(C(C)NCC(=O)O)cc3)no2)ccc1-c1ccccc1C(F)F. The number of carboxylic acids is 1. The molecule has 1 heterocycles. The lowest BCUT2D eigenvalue weighted by molar-refractivity contribution is -0.136. The summed E-state index contributed by atoms with van der Waals surface area (Å²) in [6.07, 6.45) is -2.56. The van der Waals surface area contributed by atoms with Gasteiger partial charge in [-0.25, -0.2) is 8.78 Å². The highest BCUT2D eigenvalue weighted by atomic mass is 19.3. The van der Waals surface area contributed by atoms with E-state index in [4.69, 9.17) is 9.63 Å². The summed E-state index contributed by atoms with van der Waals surface area (Å²) in [7, 11) is 0. The number of carboxylic acid groups (broad SMARTS) is 1. The first-order valence-electron chi connectivity index (χ1n) is 10.7. The van der Waals surface area contributed by atoms with Crippen molar-refractivity contribution in [2.75, 3.05) is 6.54 Å². The minimum Gasteiger partial charge on any atom is -0.480 e. The van der Waals surface area contributed by atoms with E-state index in [1.165, 1.54) is 6.07 Å². The van der Waals surface area contributed by atoms with Crippen LogP contribution in [0.5, 0.6) is 0 Å². The Morgan fingerprint density at radius 2 is 1.74 bits per heavy atom. The molecule has 0 saturated carbocycles. The lowest BCUT2D eigenvalue weighted by atomic mass is 9.94. The predicted octanol–water partition coefficient (Wildman–Crippen LogP) is 6.05. The van der Waals surface area contributed by atoms with Gasteiger partial charge >= 0.3 is 5.97 Å². The molecule has 1 aromatic heterocycles. The zero-order chi connectivity index (χ0) is 24.2. The Labute approximate surface area is 195 Å². The second-order valence-electron chi connectivity index (χ2n) is 7.96. The number of halogens is 2. The second kappa shape index (κ2) is 9.93. The van der Waals surface area contributed by atoms with Crippen LogP contribution in [-0.4, -0.2) is 27.8 Å². The molecular weight excluding hydrogens is 440 g/mol. The molecule has 0 amide bonds. The number of nitrogens with zero attached hydrogens (tertiary/aromatic N) is 2. The third-order valence-corrected chi connectivity index (χ3v) is 5.61. The maximum atomic E-state index is 13.4. The highest BCUT2D eigenvalue weighted by Crippen LogP contribution is 2.34. The summed E-state index contributed by atoms with van der Waals surface area (Å²) >= 11 is 0. The number of aryl methyl sites for hydroxylation is 1. The van der Waals surface area contributed by atoms with E-state index < -0.39 is 12.4 Å². The van der Waals surface area contributed by atoms with Crippen LogP contribution < -0.4 is 5.32 Å². The first-order valence-corrected chi connectivity index (χ1v) is 10.7. The Morgan fingerprint density at radius 3 is 2.41 bits per heavy atom. The molecule has 0 fully saturated rings. The molecule has 2 N–H and O–H groups in total. The molecule has 6 nitrogen and oxygen atoms in total. The molecule has 174 valence electrons. The number of aliphatic carboxylic acids is 1. The molecular formula is C26H23F2N3O3. The number of nitrogens with one attached hydrogen (secondary N) is 1. The molecule has 0 radical (unpaired) electrons. The van der Waals surface area contributed by atoms with Gasteiger partial charge in [0.1, 0.15) is 0 Å². The largest absolute Gasteiger partial charge is 0.480 e. The number of aromatic nitrogens is 2. The standard InChI is InChI=1S/C26H23F2N3O3/c1-15-13-19(11-12-20(15)21-5-3-4-6-22(21)24(27)28)26-30-25(31-34-26)18-9-7-17(8-10-18)16(2)29-14-23(32)33/h3-13,16,24,29H,14H2,1-2H3,(H,32,33). The monoisotopic (exact) mass is 463 g/mol. The summed E-state index contributed by atoms with van der Waals surface area (Å²) in [5.74, 6) is -0.172. The topological polar surface area (TPSA) is 88.2 Å². The fraction of sp³-hybridized carbons (Fsp3) is 0.192. The summed E-state index contributed by atoms with van der Waals surface area (Å²) in [5.41, 5.74) is 4.41. The summed E-state index contributed by atoms with van der Waals surface area (Å²) in [6, 6.07) is 19.2. The summed E-state index contributed by atoms with van der Waals surface area (Å²) < 4.78 is 32.3. The number of hydrogen-bond acceptors (Lipinski definition) is 5. The summed E-state index contributed by atoms with van der Waals surface area (Å²) in [6.45, 7) is 3.62. The van der Waals surface area contributed by atoms with Crippen molar-refractivity contribution >= 4 is 5.97 Å². The molecule has 1 unspecified atom stereocenters. The maximum Gasteiger partial charge on any atom is 0.317 e. The Morgan fingerprint density at radius 1 is 1.03 bits per heavy atom. The van der Waals surface area contributed by atoms with E-state index in [2.05, 4.69) is 15.5 Å². The van der Waals surface area contributed by atoms with Crippen molar-refractivity contribution in [1.82, 2.24) is 15.5 Å². The van der Waals surface area contributed by atoms with Gasteiger partial charge in [-0.05, 0) is 48.2 Å². The number of hydrogen-bond donors (Lipinski definition) is 2. The highest BCUT2D eigenvalue weighted by molar-refractivity contribution is 5.74.